The second-order valence-electron chi connectivity index (χ2n) is 4.02. The first-order valence-electron chi connectivity index (χ1n) is 4.52. The average molecular weight is 227 g/mol. The van der Waals surface area contributed by atoms with E-state index in [1.54, 1.807) is 0 Å². The molecule has 0 spiro atoms. The minimum absolute atomic E-state index is 0.694. The molecule has 1 aromatic heterocycles. The van der Waals surface area contributed by atoms with Crippen LogP contribution in [0.15, 0.2) is 16.9 Å². The second-order valence-corrected chi connectivity index (χ2v) is 4.94. The maximum Gasteiger partial charge on any atom is 0.0632 e. The molecule has 0 bridgehead atoms. The molecule has 0 N–H and O–H groups in total. The van der Waals surface area contributed by atoms with Crippen LogP contribution in [-0.4, -0.2) is 9.78 Å². The molecule has 3 atom stereocenters. The summed E-state index contributed by atoms with van der Waals surface area (Å²) in [6.45, 7) is 0. The lowest BCUT2D eigenvalue weighted by molar-refractivity contribution is 0.426. The van der Waals surface area contributed by atoms with E-state index in [-0.39, 0.29) is 0 Å². The molecule has 1 heterocycles. The molecule has 3 heteroatoms. The van der Waals surface area contributed by atoms with Crippen LogP contribution in [0.4, 0.5) is 0 Å². The maximum absolute atomic E-state index is 4.32. The van der Waals surface area contributed by atoms with Gasteiger partial charge in [-0.15, -0.1) is 0 Å². The molecule has 2 fully saturated rings. The Labute approximate surface area is 80.1 Å². The SMILES string of the molecule is Brc1cnn([C@@H]2C[C@H]3C[C@H]3C2)c1. The minimum atomic E-state index is 0.694. The van der Waals surface area contributed by atoms with E-state index in [1.165, 1.54) is 19.3 Å². The summed E-state index contributed by atoms with van der Waals surface area (Å²) in [5.74, 6) is 2.08. The predicted octanol–water partition coefficient (Wildman–Crippen LogP) is 2.62. The van der Waals surface area contributed by atoms with Gasteiger partial charge in [0.25, 0.3) is 0 Å². The van der Waals surface area contributed by atoms with Crippen molar-refractivity contribution in [3.63, 3.8) is 0 Å². The van der Waals surface area contributed by atoms with Gasteiger partial charge in [-0.3, -0.25) is 4.68 Å². The Morgan fingerprint density at radius 2 is 2.08 bits per heavy atom. The van der Waals surface area contributed by atoms with Crippen LogP contribution in [0.1, 0.15) is 25.3 Å². The smallest absolute Gasteiger partial charge is 0.0632 e. The van der Waals surface area contributed by atoms with E-state index in [4.69, 9.17) is 0 Å². The van der Waals surface area contributed by atoms with E-state index in [2.05, 4.69) is 31.9 Å². The predicted molar refractivity (Wildman–Crippen MR) is 49.8 cm³/mol. The van der Waals surface area contributed by atoms with E-state index in [1.807, 2.05) is 6.20 Å². The fraction of sp³-hybridized carbons (Fsp3) is 0.667. The van der Waals surface area contributed by atoms with Crippen LogP contribution in [-0.2, 0) is 0 Å². The minimum Gasteiger partial charge on any atom is -0.269 e. The highest BCUT2D eigenvalue weighted by Gasteiger charge is 2.46. The van der Waals surface area contributed by atoms with E-state index >= 15 is 0 Å². The van der Waals surface area contributed by atoms with E-state index in [0.717, 1.165) is 16.3 Å². The third-order valence-corrected chi connectivity index (χ3v) is 3.57. The van der Waals surface area contributed by atoms with Gasteiger partial charge >= 0.3 is 0 Å². The largest absolute Gasteiger partial charge is 0.269 e. The van der Waals surface area contributed by atoms with Gasteiger partial charge in [0.1, 0.15) is 0 Å². The van der Waals surface area contributed by atoms with Crippen molar-refractivity contribution in [2.24, 2.45) is 11.8 Å². The Balaban J connectivity index is 1.81. The number of hydrogen-bond donors (Lipinski definition) is 0. The number of halogens is 1. The normalized spacial score (nSPS) is 38.2. The third kappa shape index (κ3) is 1.03. The molecule has 1 aromatic rings. The van der Waals surface area contributed by atoms with Gasteiger partial charge in [0.15, 0.2) is 0 Å². The van der Waals surface area contributed by atoms with Gasteiger partial charge in [-0.1, -0.05) is 0 Å². The third-order valence-electron chi connectivity index (χ3n) is 3.16. The number of rotatable bonds is 1. The molecule has 12 heavy (non-hydrogen) atoms. The van der Waals surface area contributed by atoms with E-state index in [9.17, 15) is 0 Å². The van der Waals surface area contributed by atoms with Crippen molar-refractivity contribution < 1.29 is 0 Å². The average Bonchev–Trinajstić information content (AvgIpc) is 2.49. The summed E-state index contributed by atoms with van der Waals surface area (Å²) in [5, 5.41) is 4.32. The Kier molecular flexibility index (Phi) is 1.39. The van der Waals surface area contributed by atoms with Gasteiger partial charge in [0.2, 0.25) is 0 Å². The van der Waals surface area contributed by atoms with Gasteiger partial charge in [-0.2, -0.15) is 5.10 Å². The van der Waals surface area contributed by atoms with Gasteiger partial charge in [-0.25, -0.2) is 0 Å². The molecule has 2 saturated carbocycles. The van der Waals surface area contributed by atoms with Crippen LogP contribution in [0.25, 0.3) is 0 Å². The Morgan fingerprint density at radius 3 is 2.67 bits per heavy atom. The lowest BCUT2D eigenvalue weighted by atomic mass is 10.2. The first-order valence-corrected chi connectivity index (χ1v) is 5.32. The molecule has 0 unspecified atom stereocenters. The molecule has 0 aliphatic heterocycles. The summed E-state index contributed by atoms with van der Waals surface area (Å²) in [4.78, 5) is 0. The maximum atomic E-state index is 4.32. The Morgan fingerprint density at radius 1 is 1.33 bits per heavy atom. The zero-order valence-electron chi connectivity index (χ0n) is 6.78. The molecule has 64 valence electrons. The zero-order chi connectivity index (χ0) is 8.13. The zero-order valence-corrected chi connectivity index (χ0v) is 8.37. The van der Waals surface area contributed by atoms with Gasteiger partial charge in [0.05, 0.1) is 16.7 Å². The summed E-state index contributed by atoms with van der Waals surface area (Å²) >= 11 is 3.42. The van der Waals surface area contributed by atoms with Gasteiger partial charge in [-0.05, 0) is 47.0 Å². The van der Waals surface area contributed by atoms with E-state index in [0.29, 0.717) is 6.04 Å². The molecule has 2 nitrogen and oxygen atoms in total. The molecular formula is C9H11BrN2. The first kappa shape index (κ1) is 7.13. The second kappa shape index (κ2) is 2.34. The van der Waals surface area contributed by atoms with Crippen LogP contribution >= 0.6 is 15.9 Å². The lowest BCUT2D eigenvalue weighted by Crippen LogP contribution is -2.06. The molecule has 0 aromatic carbocycles. The highest BCUT2D eigenvalue weighted by Crippen LogP contribution is 2.55. The van der Waals surface area contributed by atoms with Crippen molar-refractivity contribution in [3.8, 4) is 0 Å². The Bertz CT molecular complexity index is 297. The summed E-state index contributed by atoms with van der Waals surface area (Å²) < 4.78 is 3.22. The van der Waals surface area contributed by atoms with Crippen LogP contribution in [0.5, 0.6) is 0 Å². The molecular weight excluding hydrogens is 216 g/mol. The van der Waals surface area contributed by atoms with Crippen molar-refractivity contribution >= 4 is 15.9 Å². The number of fused-ring (bicyclic) bond motifs is 1. The summed E-state index contributed by atoms with van der Waals surface area (Å²) in [6.07, 6.45) is 8.18. The van der Waals surface area contributed by atoms with Gasteiger partial charge in [0, 0.05) is 6.20 Å². The number of aromatic nitrogens is 2. The molecule has 2 aliphatic carbocycles. The van der Waals surface area contributed by atoms with Crippen molar-refractivity contribution in [1.82, 2.24) is 9.78 Å². The highest BCUT2D eigenvalue weighted by atomic mass is 79.9. The van der Waals surface area contributed by atoms with Crippen molar-refractivity contribution in [2.45, 2.75) is 25.3 Å². The number of nitrogens with zero attached hydrogens (tertiary/aromatic N) is 2. The first-order chi connectivity index (χ1) is 5.83. The van der Waals surface area contributed by atoms with Crippen molar-refractivity contribution in [2.75, 3.05) is 0 Å². The highest BCUT2D eigenvalue weighted by molar-refractivity contribution is 9.10. The molecule has 0 saturated heterocycles. The standard InChI is InChI=1S/C9H11BrN2/c10-8-4-11-12(5-8)9-2-6-1-7(6)3-9/h4-7,9H,1-3H2/t6-,7+,9-. The molecule has 0 amide bonds. The Hall–Kier alpha value is -0.310. The van der Waals surface area contributed by atoms with Crippen LogP contribution in [0, 0.1) is 11.8 Å². The molecule has 2 aliphatic rings. The van der Waals surface area contributed by atoms with Crippen LogP contribution in [0.2, 0.25) is 0 Å². The van der Waals surface area contributed by atoms with Crippen LogP contribution < -0.4 is 0 Å². The monoisotopic (exact) mass is 226 g/mol. The summed E-state index contributed by atoms with van der Waals surface area (Å²) in [7, 11) is 0. The van der Waals surface area contributed by atoms with Crippen molar-refractivity contribution in [1.29, 1.82) is 0 Å². The fourth-order valence-electron chi connectivity index (χ4n) is 2.41. The van der Waals surface area contributed by atoms with E-state index < -0.39 is 0 Å². The molecule has 0 radical (unpaired) electrons. The fourth-order valence-corrected chi connectivity index (χ4v) is 2.71. The van der Waals surface area contributed by atoms with Crippen molar-refractivity contribution in [3.05, 3.63) is 16.9 Å². The quantitative estimate of drug-likeness (QED) is 0.721. The number of hydrogen-bond acceptors (Lipinski definition) is 1. The summed E-state index contributed by atoms with van der Waals surface area (Å²) in [5.41, 5.74) is 0. The lowest BCUT2D eigenvalue weighted by Gasteiger charge is -2.11. The summed E-state index contributed by atoms with van der Waals surface area (Å²) in [6, 6.07) is 0.694. The topological polar surface area (TPSA) is 17.8 Å². The van der Waals surface area contributed by atoms with Gasteiger partial charge < -0.3 is 0 Å². The van der Waals surface area contributed by atoms with Crippen LogP contribution in [0.3, 0.4) is 0 Å². The molecule has 3 rings (SSSR count).